The minimum atomic E-state index is -0.325. The molecule has 0 aliphatic heterocycles. The summed E-state index contributed by atoms with van der Waals surface area (Å²) in [4.78, 5) is 12.3. The number of nitrogens with zero attached hydrogens (tertiary/aromatic N) is 4. The van der Waals surface area contributed by atoms with Crippen molar-refractivity contribution in [2.45, 2.75) is 6.54 Å². The van der Waals surface area contributed by atoms with Gasteiger partial charge in [-0.2, -0.15) is 10.2 Å². The van der Waals surface area contributed by atoms with Crippen LogP contribution in [0.25, 0.3) is 5.52 Å². The quantitative estimate of drug-likeness (QED) is 0.623. The van der Waals surface area contributed by atoms with Crippen LogP contribution in [0.15, 0.2) is 67.1 Å². The van der Waals surface area contributed by atoms with Gasteiger partial charge < -0.3 is 5.32 Å². The van der Waals surface area contributed by atoms with Crippen LogP contribution in [-0.2, 0) is 6.54 Å². The molecule has 0 aliphatic carbocycles. The summed E-state index contributed by atoms with van der Waals surface area (Å²) >= 11 is 0. The van der Waals surface area contributed by atoms with E-state index in [4.69, 9.17) is 0 Å². The SMILES string of the molecule is O=C(Nc1cnn(Cc2ccccc2F)c1)c1cc2ccccn2n1. The molecule has 0 aliphatic rings. The molecule has 6 nitrogen and oxygen atoms in total. The summed E-state index contributed by atoms with van der Waals surface area (Å²) in [7, 11) is 0. The molecule has 0 fully saturated rings. The van der Waals surface area contributed by atoms with Crippen molar-refractivity contribution >= 4 is 17.1 Å². The van der Waals surface area contributed by atoms with Crippen LogP contribution in [0.5, 0.6) is 0 Å². The third kappa shape index (κ3) is 3.12. The Morgan fingerprint density at radius 3 is 2.84 bits per heavy atom. The third-order valence-corrected chi connectivity index (χ3v) is 3.78. The molecule has 7 heteroatoms. The minimum Gasteiger partial charge on any atom is -0.318 e. The number of hydrogen-bond acceptors (Lipinski definition) is 3. The van der Waals surface area contributed by atoms with Crippen LogP contribution >= 0.6 is 0 Å². The number of carbonyl (C=O) groups is 1. The summed E-state index contributed by atoms with van der Waals surface area (Å²) in [5.74, 6) is -0.609. The van der Waals surface area contributed by atoms with Gasteiger partial charge in [-0.15, -0.1) is 0 Å². The van der Waals surface area contributed by atoms with Gasteiger partial charge in [0.25, 0.3) is 5.91 Å². The van der Waals surface area contributed by atoms with Crippen LogP contribution in [-0.4, -0.2) is 25.3 Å². The Balaban J connectivity index is 1.49. The first-order chi connectivity index (χ1) is 12.2. The molecule has 1 amide bonds. The number of pyridine rings is 1. The van der Waals surface area contributed by atoms with Crippen LogP contribution in [0, 0.1) is 5.82 Å². The van der Waals surface area contributed by atoms with E-state index < -0.39 is 0 Å². The zero-order valence-electron chi connectivity index (χ0n) is 13.1. The number of anilines is 1. The van der Waals surface area contributed by atoms with Crippen molar-refractivity contribution in [1.29, 1.82) is 0 Å². The third-order valence-electron chi connectivity index (χ3n) is 3.78. The van der Waals surface area contributed by atoms with E-state index in [1.165, 1.54) is 12.3 Å². The molecular weight excluding hydrogens is 321 g/mol. The van der Waals surface area contributed by atoms with Gasteiger partial charge in [-0.05, 0) is 24.3 Å². The summed E-state index contributed by atoms with van der Waals surface area (Å²) in [6.45, 7) is 0.289. The molecule has 0 radical (unpaired) electrons. The highest BCUT2D eigenvalue weighted by Gasteiger charge is 2.12. The normalized spacial score (nSPS) is 10.9. The summed E-state index contributed by atoms with van der Waals surface area (Å²) in [5, 5.41) is 11.1. The Morgan fingerprint density at radius 1 is 1.16 bits per heavy atom. The molecule has 4 rings (SSSR count). The molecule has 25 heavy (non-hydrogen) atoms. The van der Waals surface area contributed by atoms with Crippen molar-refractivity contribution in [2.75, 3.05) is 5.32 Å². The van der Waals surface area contributed by atoms with E-state index in [0.717, 1.165) is 5.52 Å². The molecule has 0 unspecified atom stereocenters. The van der Waals surface area contributed by atoms with Gasteiger partial charge in [0, 0.05) is 18.0 Å². The first kappa shape index (κ1) is 15.1. The van der Waals surface area contributed by atoms with E-state index in [9.17, 15) is 9.18 Å². The van der Waals surface area contributed by atoms with Crippen LogP contribution in [0.2, 0.25) is 0 Å². The number of rotatable bonds is 4. The van der Waals surface area contributed by atoms with Gasteiger partial charge in [0.05, 0.1) is 23.9 Å². The van der Waals surface area contributed by atoms with E-state index in [1.807, 2.05) is 18.2 Å². The second kappa shape index (κ2) is 6.20. The number of benzene rings is 1. The number of nitrogens with one attached hydrogen (secondary N) is 1. The van der Waals surface area contributed by atoms with Crippen molar-refractivity contribution in [3.63, 3.8) is 0 Å². The van der Waals surface area contributed by atoms with Crippen LogP contribution in [0.3, 0.4) is 0 Å². The molecule has 0 atom stereocenters. The molecule has 1 aromatic carbocycles. The van der Waals surface area contributed by atoms with E-state index in [-0.39, 0.29) is 18.3 Å². The number of fused-ring (bicyclic) bond motifs is 1. The van der Waals surface area contributed by atoms with Gasteiger partial charge in [-0.3, -0.25) is 9.48 Å². The molecule has 0 bridgehead atoms. The maximum atomic E-state index is 13.7. The number of carbonyl (C=O) groups excluding carboxylic acids is 1. The van der Waals surface area contributed by atoms with Crippen molar-refractivity contribution in [1.82, 2.24) is 19.4 Å². The Hall–Kier alpha value is -3.48. The summed E-state index contributed by atoms with van der Waals surface area (Å²) in [6, 6.07) is 13.8. The second-order valence-electron chi connectivity index (χ2n) is 5.57. The van der Waals surface area contributed by atoms with Crippen LogP contribution in [0.1, 0.15) is 16.1 Å². The van der Waals surface area contributed by atoms with Gasteiger partial charge >= 0.3 is 0 Å². The lowest BCUT2D eigenvalue weighted by Crippen LogP contribution is -2.12. The lowest BCUT2D eigenvalue weighted by molar-refractivity contribution is 0.102. The number of amides is 1. The van der Waals surface area contributed by atoms with Crippen molar-refractivity contribution in [3.05, 3.63) is 84.2 Å². The number of hydrogen-bond donors (Lipinski definition) is 1. The van der Waals surface area contributed by atoms with Crippen molar-refractivity contribution < 1.29 is 9.18 Å². The topological polar surface area (TPSA) is 64.2 Å². The molecule has 0 spiro atoms. The molecular formula is C18H14FN5O. The van der Waals surface area contributed by atoms with Gasteiger partial charge in [0.1, 0.15) is 5.82 Å². The molecule has 0 saturated carbocycles. The molecule has 3 heterocycles. The fourth-order valence-corrected chi connectivity index (χ4v) is 2.56. The number of halogens is 1. The standard InChI is InChI=1S/C18H14FN5O/c19-16-7-2-1-5-13(16)11-23-12-14(10-20-23)21-18(25)17-9-15-6-3-4-8-24(15)22-17/h1-10,12H,11H2,(H,21,25). The molecule has 0 saturated heterocycles. The van der Waals surface area contributed by atoms with Crippen molar-refractivity contribution in [2.24, 2.45) is 0 Å². The summed E-state index contributed by atoms with van der Waals surface area (Å²) in [5.41, 5.74) is 2.21. The Labute approximate surface area is 142 Å². The Bertz CT molecular complexity index is 1020. The Morgan fingerprint density at radius 2 is 2.00 bits per heavy atom. The first-order valence-electron chi connectivity index (χ1n) is 7.71. The van der Waals surface area contributed by atoms with Crippen LogP contribution < -0.4 is 5.32 Å². The number of aromatic nitrogens is 4. The monoisotopic (exact) mass is 335 g/mol. The fraction of sp³-hybridized carbons (Fsp3) is 0.0556. The van der Waals surface area contributed by atoms with Crippen LogP contribution in [0.4, 0.5) is 10.1 Å². The van der Waals surface area contributed by atoms with E-state index in [0.29, 0.717) is 16.9 Å². The van der Waals surface area contributed by atoms with Gasteiger partial charge in [0.15, 0.2) is 5.69 Å². The summed E-state index contributed by atoms with van der Waals surface area (Å²) < 4.78 is 16.9. The second-order valence-corrected chi connectivity index (χ2v) is 5.57. The molecule has 124 valence electrons. The maximum Gasteiger partial charge on any atom is 0.276 e. The molecule has 4 aromatic rings. The smallest absolute Gasteiger partial charge is 0.276 e. The predicted octanol–water partition coefficient (Wildman–Crippen LogP) is 2.97. The van der Waals surface area contributed by atoms with E-state index >= 15 is 0 Å². The van der Waals surface area contributed by atoms with E-state index in [1.54, 1.807) is 45.9 Å². The maximum absolute atomic E-state index is 13.7. The first-order valence-corrected chi connectivity index (χ1v) is 7.71. The van der Waals surface area contributed by atoms with Crippen molar-refractivity contribution in [3.8, 4) is 0 Å². The predicted molar refractivity (Wildman–Crippen MR) is 90.9 cm³/mol. The molecule has 3 aromatic heterocycles. The van der Waals surface area contributed by atoms with E-state index in [2.05, 4.69) is 15.5 Å². The average Bonchev–Trinajstić information content (AvgIpc) is 3.23. The highest BCUT2D eigenvalue weighted by molar-refractivity contribution is 6.03. The average molecular weight is 335 g/mol. The highest BCUT2D eigenvalue weighted by Crippen LogP contribution is 2.13. The van der Waals surface area contributed by atoms with Gasteiger partial charge in [0.2, 0.25) is 0 Å². The lowest BCUT2D eigenvalue weighted by Gasteiger charge is -2.03. The fourth-order valence-electron chi connectivity index (χ4n) is 2.56. The Kier molecular flexibility index (Phi) is 3.74. The minimum absolute atomic E-state index is 0.284. The summed E-state index contributed by atoms with van der Waals surface area (Å²) in [6.07, 6.45) is 4.95. The molecule has 1 N–H and O–H groups in total. The zero-order chi connectivity index (χ0) is 17.2. The lowest BCUT2D eigenvalue weighted by atomic mass is 10.2. The zero-order valence-corrected chi connectivity index (χ0v) is 13.1. The van der Waals surface area contributed by atoms with Gasteiger partial charge in [-0.1, -0.05) is 24.3 Å². The highest BCUT2D eigenvalue weighted by atomic mass is 19.1. The largest absolute Gasteiger partial charge is 0.318 e. The van der Waals surface area contributed by atoms with Gasteiger partial charge in [-0.25, -0.2) is 8.91 Å².